The van der Waals surface area contributed by atoms with Crippen LogP contribution in [0, 0.1) is 5.92 Å². The Labute approximate surface area is 125 Å². The summed E-state index contributed by atoms with van der Waals surface area (Å²) in [5.74, 6) is -0.0422. The van der Waals surface area contributed by atoms with Gasteiger partial charge in [-0.1, -0.05) is 50.1 Å². The maximum Gasteiger partial charge on any atom is 0.303 e. The van der Waals surface area contributed by atoms with Gasteiger partial charge >= 0.3 is 5.97 Å². The summed E-state index contributed by atoms with van der Waals surface area (Å²) in [5.41, 5.74) is 0.703. The molecule has 0 bridgehead atoms. The number of esters is 1. The van der Waals surface area contributed by atoms with E-state index < -0.39 is 12.1 Å². The van der Waals surface area contributed by atoms with Crippen LogP contribution in [-0.2, 0) is 14.3 Å². The van der Waals surface area contributed by atoms with Crippen LogP contribution in [0.25, 0.3) is 0 Å². The average molecular weight is 289 g/mol. The molecule has 0 heterocycles. The van der Waals surface area contributed by atoms with Gasteiger partial charge in [-0.25, -0.2) is 0 Å². The van der Waals surface area contributed by atoms with Gasteiger partial charge in [-0.15, -0.1) is 0 Å². The van der Waals surface area contributed by atoms with Crippen LogP contribution in [0.15, 0.2) is 30.3 Å². The van der Waals surface area contributed by atoms with E-state index in [0.29, 0.717) is 11.5 Å². The fourth-order valence-electron chi connectivity index (χ4n) is 2.91. The quantitative estimate of drug-likeness (QED) is 0.867. The second-order valence-corrected chi connectivity index (χ2v) is 5.88. The summed E-state index contributed by atoms with van der Waals surface area (Å²) in [7, 11) is 0. The number of hydrogen-bond acceptors (Lipinski definition) is 3. The molecule has 1 amide bonds. The first-order chi connectivity index (χ1) is 10.1. The Bertz CT molecular complexity index is 486. The molecule has 4 nitrogen and oxygen atoms in total. The molecule has 0 unspecified atom stereocenters. The van der Waals surface area contributed by atoms with Gasteiger partial charge in [0.2, 0.25) is 6.10 Å². The molecule has 1 aromatic rings. The highest BCUT2D eigenvalue weighted by Gasteiger charge is 2.27. The molecule has 0 radical (unpaired) electrons. The van der Waals surface area contributed by atoms with Crippen molar-refractivity contribution < 1.29 is 14.3 Å². The Morgan fingerprint density at radius 2 is 1.95 bits per heavy atom. The number of benzene rings is 1. The summed E-state index contributed by atoms with van der Waals surface area (Å²) in [6.45, 7) is 3.53. The van der Waals surface area contributed by atoms with Crippen molar-refractivity contribution in [2.45, 2.75) is 51.7 Å². The van der Waals surface area contributed by atoms with Gasteiger partial charge in [-0.05, 0) is 18.8 Å². The van der Waals surface area contributed by atoms with Crippen LogP contribution < -0.4 is 5.32 Å². The van der Waals surface area contributed by atoms with Crippen molar-refractivity contribution in [2.24, 2.45) is 5.92 Å². The van der Waals surface area contributed by atoms with Crippen molar-refractivity contribution in [1.29, 1.82) is 0 Å². The van der Waals surface area contributed by atoms with Gasteiger partial charge in [0, 0.05) is 18.5 Å². The molecule has 1 saturated carbocycles. The topological polar surface area (TPSA) is 55.4 Å². The van der Waals surface area contributed by atoms with E-state index in [0.717, 1.165) is 19.3 Å². The van der Waals surface area contributed by atoms with Crippen LogP contribution in [-0.4, -0.2) is 17.9 Å². The number of carbonyl (C=O) groups excluding carboxylic acids is 2. The van der Waals surface area contributed by atoms with E-state index in [1.165, 1.54) is 13.3 Å². The second-order valence-electron chi connectivity index (χ2n) is 5.88. The molecule has 0 saturated heterocycles. The average Bonchev–Trinajstić information content (AvgIpc) is 2.45. The molecule has 1 aliphatic carbocycles. The summed E-state index contributed by atoms with van der Waals surface area (Å²) >= 11 is 0. The third kappa shape index (κ3) is 4.59. The molecule has 1 aromatic carbocycles. The van der Waals surface area contributed by atoms with E-state index in [9.17, 15) is 9.59 Å². The van der Waals surface area contributed by atoms with Crippen molar-refractivity contribution >= 4 is 11.9 Å². The third-order valence-corrected chi connectivity index (χ3v) is 3.91. The van der Waals surface area contributed by atoms with Crippen LogP contribution in [0.2, 0.25) is 0 Å². The lowest BCUT2D eigenvalue weighted by atomic mass is 9.87. The molecule has 4 heteroatoms. The van der Waals surface area contributed by atoms with E-state index in [2.05, 4.69) is 12.2 Å². The van der Waals surface area contributed by atoms with Crippen molar-refractivity contribution in [3.8, 4) is 0 Å². The molecule has 1 fully saturated rings. The Kier molecular flexibility index (Phi) is 5.37. The highest BCUT2D eigenvalue weighted by molar-refractivity contribution is 5.84. The Hall–Kier alpha value is -1.84. The normalized spacial score (nSPS) is 23.1. The number of hydrogen-bond donors (Lipinski definition) is 1. The minimum Gasteiger partial charge on any atom is -0.447 e. The fourth-order valence-corrected chi connectivity index (χ4v) is 2.91. The molecule has 0 spiro atoms. The highest BCUT2D eigenvalue weighted by Crippen LogP contribution is 2.25. The molecule has 3 atom stereocenters. The lowest BCUT2D eigenvalue weighted by Gasteiger charge is -2.29. The summed E-state index contributed by atoms with van der Waals surface area (Å²) in [6, 6.07) is 9.33. The highest BCUT2D eigenvalue weighted by atomic mass is 16.5. The number of ether oxygens (including phenoxy) is 1. The molecule has 21 heavy (non-hydrogen) atoms. The summed E-state index contributed by atoms with van der Waals surface area (Å²) in [4.78, 5) is 23.7. The summed E-state index contributed by atoms with van der Waals surface area (Å²) < 4.78 is 5.22. The Morgan fingerprint density at radius 3 is 2.57 bits per heavy atom. The lowest BCUT2D eigenvalue weighted by Crippen LogP contribution is -2.41. The lowest BCUT2D eigenvalue weighted by molar-refractivity contribution is -0.154. The van der Waals surface area contributed by atoms with Crippen molar-refractivity contribution in [3.05, 3.63) is 35.9 Å². The zero-order valence-corrected chi connectivity index (χ0v) is 12.7. The van der Waals surface area contributed by atoms with Crippen LogP contribution in [0.5, 0.6) is 0 Å². The maximum atomic E-state index is 12.5. The van der Waals surface area contributed by atoms with Gasteiger partial charge in [-0.2, -0.15) is 0 Å². The van der Waals surface area contributed by atoms with Crippen molar-refractivity contribution in [1.82, 2.24) is 5.32 Å². The van der Waals surface area contributed by atoms with E-state index in [4.69, 9.17) is 4.74 Å². The van der Waals surface area contributed by atoms with E-state index in [1.54, 1.807) is 12.1 Å². The number of rotatable bonds is 4. The maximum absolute atomic E-state index is 12.5. The molecule has 0 aliphatic heterocycles. The zero-order chi connectivity index (χ0) is 15.2. The van der Waals surface area contributed by atoms with E-state index in [1.807, 2.05) is 18.2 Å². The number of carbonyl (C=O) groups is 2. The SMILES string of the molecule is CC(=O)O[C@@H](C(=O)N[C@@H]1CCC[C@H](C)C1)c1ccccc1. The van der Waals surface area contributed by atoms with Gasteiger partial charge in [0.15, 0.2) is 0 Å². The smallest absolute Gasteiger partial charge is 0.303 e. The summed E-state index contributed by atoms with van der Waals surface area (Å²) in [6.07, 6.45) is 3.49. The van der Waals surface area contributed by atoms with Gasteiger partial charge in [0.25, 0.3) is 5.91 Å². The van der Waals surface area contributed by atoms with Gasteiger partial charge in [0.05, 0.1) is 0 Å². The minimum absolute atomic E-state index is 0.183. The van der Waals surface area contributed by atoms with Crippen LogP contribution in [0.3, 0.4) is 0 Å². The molecular weight excluding hydrogens is 266 g/mol. The predicted molar refractivity (Wildman–Crippen MR) is 80.5 cm³/mol. The van der Waals surface area contributed by atoms with E-state index in [-0.39, 0.29) is 11.9 Å². The first-order valence-corrected chi connectivity index (χ1v) is 7.59. The minimum atomic E-state index is -0.860. The fraction of sp³-hybridized carbons (Fsp3) is 0.529. The van der Waals surface area contributed by atoms with E-state index >= 15 is 0 Å². The molecule has 0 aromatic heterocycles. The number of amides is 1. The van der Waals surface area contributed by atoms with Crippen LogP contribution in [0.4, 0.5) is 0 Å². The Balaban J connectivity index is 2.05. The second kappa shape index (κ2) is 7.25. The molecular formula is C17H23NO3. The third-order valence-electron chi connectivity index (χ3n) is 3.91. The summed E-state index contributed by atoms with van der Waals surface area (Å²) in [5, 5.41) is 3.04. The van der Waals surface area contributed by atoms with Gasteiger partial charge in [0.1, 0.15) is 0 Å². The van der Waals surface area contributed by atoms with Crippen molar-refractivity contribution in [2.75, 3.05) is 0 Å². The standard InChI is InChI=1S/C17H23NO3/c1-12-7-6-10-15(11-12)18-17(20)16(21-13(2)19)14-8-4-3-5-9-14/h3-5,8-9,12,15-16H,6-7,10-11H2,1-2H3,(H,18,20)/t12-,15+,16+/m0/s1. The molecule has 1 aliphatic rings. The predicted octanol–water partition coefficient (Wildman–Crippen LogP) is 2.99. The number of nitrogens with one attached hydrogen (secondary N) is 1. The van der Waals surface area contributed by atoms with Gasteiger partial charge < -0.3 is 10.1 Å². The monoisotopic (exact) mass is 289 g/mol. The largest absolute Gasteiger partial charge is 0.447 e. The Morgan fingerprint density at radius 1 is 1.24 bits per heavy atom. The van der Waals surface area contributed by atoms with Crippen LogP contribution >= 0.6 is 0 Å². The zero-order valence-electron chi connectivity index (χ0n) is 12.7. The molecule has 2 rings (SSSR count). The van der Waals surface area contributed by atoms with Crippen molar-refractivity contribution in [3.63, 3.8) is 0 Å². The molecule has 114 valence electrons. The van der Waals surface area contributed by atoms with Crippen LogP contribution in [0.1, 0.15) is 51.2 Å². The first-order valence-electron chi connectivity index (χ1n) is 7.59. The first kappa shape index (κ1) is 15.5. The molecule has 1 N–H and O–H groups in total. The van der Waals surface area contributed by atoms with Gasteiger partial charge in [-0.3, -0.25) is 9.59 Å².